The molecule has 1 aromatic rings. The number of hydrogen-bond acceptors (Lipinski definition) is 3. The van der Waals surface area contributed by atoms with Gasteiger partial charge >= 0.3 is 0 Å². The van der Waals surface area contributed by atoms with Gasteiger partial charge in [-0.2, -0.15) is 5.26 Å². The van der Waals surface area contributed by atoms with Crippen LogP contribution in [0.3, 0.4) is 0 Å². The molecule has 1 saturated heterocycles. The molecule has 23 heavy (non-hydrogen) atoms. The number of rotatable bonds is 5. The lowest BCUT2D eigenvalue weighted by Crippen LogP contribution is -2.38. The van der Waals surface area contributed by atoms with Crippen LogP contribution >= 0.6 is 15.9 Å². The fraction of sp³-hybridized carbons (Fsp3) is 0.444. The van der Waals surface area contributed by atoms with Crippen molar-refractivity contribution in [2.24, 2.45) is 5.92 Å². The Kier molecular flexibility index (Phi) is 6.66. The second kappa shape index (κ2) is 8.73. The van der Waals surface area contributed by atoms with Crippen molar-refractivity contribution in [2.75, 3.05) is 19.6 Å². The number of amides is 1. The normalized spacial score (nSPS) is 16.0. The van der Waals surface area contributed by atoms with E-state index in [-0.39, 0.29) is 11.5 Å². The van der Waals surface area contributed by atoms with Crippen molar-refractivity contribution in [1.29, 1.82) is 5.26 Å². The van der Waals surface area contributed by atoms with E-state index in [4.69, 9.17) is 0 Å². The van der Waals surface area contributed by atoms with Crippen LogP contribution in [0.15, 0.2) is 40.5 Å². The summed E-state index contributed by atoms with van der Waals surface area (Å²) in [7, 11) is 0. The summed E-state index contributed by atoms with van der Waals surface area (Å²) in [5, 5.41) is 12.3. The van der Waals surface area contributed by atoms with Crippen LogP contribution in [0.2, 0.25) is 0 Å². The minimum Gasteiger partial charge on any atom is -0.389 e. The number of nitriles is 1. The fourth-order valence-corrected chi connectivity index (χ4v) is 2.83. The summed E-state index contributed by atoms with van der Waals surface area (Å²) < 4.78 is 1.06. The molecule has 5 heteroatoms. The first-order valence-corrected chi connectivity index (χ1v) is 8.77. The summed E-state index contributed by atoms with van der Waals surface area (Å²) in [6, 6.07) is 10.1. The summed E-state index contributed by atoms with van der Waals surface area (Å²) in [6.07, 6.45) is 4.43. The minimum atomic E-state index is -0.157. The van der Waals surface area contributed by atoms with Gasteiger partial charge in [-0.1, -0.05) is 35.0 Å². The highest BCUT2D eigenvalue weighted by Gasteiger charge is 2.22. The van der Waals surface area contributed by atoms with Crippen LogP contribution in [-0.2, 0) is 11.2 Å². The van der Waals surface area contributed by atoms with Crippen LogP contribution in [0.5, 0.6) is 0 Å². The van der Waals surface area contributed by atoms with Crippen molar-refractivity contribution in [2.45, 2.75) is 26.2 Å². The zero-order chi connectivity index (χ0) is 16.7. The van der Waals surface area contributed by atoms with Gasteiger partial charge in [0.15, 0.2) is 0 Å². The zero-order valence-electron chi connectivity index (χ0n) is 13.4. The maximum Gasteiger partial charge on any atom is 0.265 e. The maximum absolute atomic E-state index is 12.3. The third-order valence-corrected chi connectivity index (χ3v) is 4.67. The monoisotopic (exact) mass is 375 g/mol. The van der Waals surface area contributed by atoms with Gasteiger partial charge in [0.1, 0.15) is 11.6 Å². The molecule has 1 fully saturated rings. The molecule has 0 atom stereocenters. The van der Waals surface area contributed by atoms with Crippen molar-refractivity contribution < 1.29 is 4.79 Å². The summed E-state index contributed by atoms with van der Waals surface area (Å²) in [6.45, 7) is 4.39. The van der Waals surface area contributed by atoms with Gasteiger partial charge < -0.3 is 10.2 Å². The van der Waals surface area contributed by atoms with E-state index in [1.807, 2.05) is 18.2 Å². The zero-order valence-corrected chi connectivity index (χ0v) is 15.0. The van der Waals surface area contributed by atoms with E-state index in [1.165, 1.54) is 5.56 Å². The Morgan fingerprint density at radius 1 is 1.39 bits per heavy atom. The van der Waals surface area contributed by atoms with Gasteiger partial charge in [-0.05, 0) is 42.9 Å². The third-order valence-electron chi connectivity index (χ3n) is 4.14. The highest BCUT2D eigenvalue weighted by Crippen LogP contribution is 2.17. The van der Waals surface area contributed by atoms with Crippen molar-refractivity contribution in [3.8, 4) is 6.07 Å². The molecule has 0 spiro atoms. The van der Waals surface area contributed by atoms with E-state index in [1.54, 1.807) is 11.1 Å². The molecule has 1 amide bonds. The maximum atomic E-state index is 12.3. The molecule has 1 aromatic carbocycles. The summed E-state index contributed by atoms with van der Waals surface area (Å²) in [5.41, 5.74) is 1.40. The van der Waals surface area contributed by atoms with E-state index in [0.29, 0.717) is 12.5 Å². The van der Waals surface area contributed by atoms with Crippen molar-refractivity contribution in [3.63, 3.8) is 0 Å². The van der Waals surface area contributed by atoms with Crippen LogP contribution in [0, 0.1) is 17.2 Å². The Hall–Kier alpha value is -1.80. The van der Waals surface area contributed by atoms with E-state index in [9.17, 15) is 10.1 Å². The van der Waals surface area contributed by atoms with E-state index in [0.717, 1.165) is 36.8 Å². The second-order valence-electron chi connectivity index (χ2n) is 5.98. The molecule has 1 aliphatic heterocycles. The molecule has 0 aliphatic carbocycles. The molecule has 0 saturated carbocycles. The number of piperidine rings is 1. The summed E-state index contributed by atoms with van der Waals surface area (Å²) >= 11 is 3.41. The van der Waals surface area contributed by atoms with E-state index in [2.05, 4.69) is 40.3 Å². The molecule has 122 valence electrons. The van der Waals surface area contributed by atoms with Gasteiger partial charge in [0.25, 0.3) is 5.91 Å². The Morgan fingerprint density at radius 2 is 2.04 bits per heavy atom. The average molecular weight is 376 g/mol. The average Bonchev–Trinajstić information content (AvgIpc) is 2.57. The topological polar surface area (TPSA) is 56.1 Å². The van der Waals surface area contributed by atoms with E-state index >= 15 is 0 Å². The molecule has 1 N–H and O–H groups in total. The predicted octanol–water partition coefficient (Wildman–Crippen LogP) is 3.25. The molecule has 1 heterocycles. The largest absolute Gasteiger partial charge is 0.389 e. The number of halogens is 1. The Morgan fingerprint density at radius 3 is 2.65 bits per heavy atom. The SMILES string of the molecule is CC1CCN(C(=O)/C(C#N)=C\NCCc2ccc(Br)cc2)CC1. The highest BCUT2D eigenvalue weighted by molar-refractivity contribution is 9.10. The fourth-order valence-electron chi connectivity index (χ4n) is 2.57. The minimum absolute atomic E-state index is 0.157. The predicted molar refractivity (Wildman–Crippen MR) is 94.5 cm³/mol. The Balaban J connectivity index is 1.83. The van der Waals surface area contributed by atoms with Gasteiger partial charge in [0.05, 0.1) is 0 Å². The summed E-state index contributed by atoms with van der Waals surface area (Å²) in [5.74, 6) is 0.508. The first kappa shape index (κ1) is 17.6. The van der Waals surface area contributed by atoms with E-state index < -0.39 is 0 Å². The lowest BCUT2D eigenvalue weighted by atomic mass is 9.99. The van der Waals surface area contributed by atoms with Crippen LogP contribution in [0.4, 0.5) is 0 Å². The summed E-state index contributed by atoms with van der Waals surface area (Å²) in [4.78, 5) is 14.1. The number of nitrogens with zero attached hydrogens (tertiary/aromatic N) is 2. The number of likely N-dealkylation sites (tertiary alicyclic amines) is 1. The quantitative estimate of drug-likeness (QED) is 0.488. The number of carbonyl (C=O) groups is 1. The third kappa shape index (κ3) is 5.40. The highest BCUT2D eigenvalue weighted by atomic mass is 79.9. The number of carbonyl (C=O) groups excluding carboxylic acids is 1. The van der Waals surface area contributed by atoms with Crippen LogP contribution in [0.25, 0.3) is 0 Å². The van der Waals surface area contributed by atoms with Gasteiger partial charge in [0, 0.05) is 30.3 Å². The van der Waals surface area contributed by atoms with Gasteiger partial charge in [-0.15, -0.1) is 0 Å². The lowest BCUT2D eigenvalue weighted by molar-refractivity contribution is -0.128. The lowest BCUT2D eigenvalue weighted by Gasteiger charge is -2.30. The molecule has 0 bridgehead atoms. The van der Waals surface area contributed by atoms with Crippen molar-refractivity contribution >= 4 is 21.8 Å². The number of nitrogens with one attached hydrogen (secondary N) is 1. The first-order chi connectivity index (χ1) is 11.1. The van der Waals surface area contributed by atoms with Gasteiger partial charge in [0.2, 0.25) is 0 Å². The van der Waals surface area contributed by atoms with Crippen LogP contribution in [-0.4, -0.2) is 30.4 Å². The molecular weight excluding hydrogens is 354 g/mol. The standard InChI is InChI=1S/C18H22BrN3O/c1-14-7-10-22(11-8-14)18(23)16(12-20)13-21-9-6-15-2-4-17(19)5-3-15/h2-5,13-14,21H,6-11H2,1H3/b16-13-. The molecule has 0 unspecified atom stereocenters. The first-order valence-electron chi connectivity index (χ1n) is 7.97. The molecule has 0 aromatic heterocycles. The van der Waals surface area contributed by atoms with Crippen molar-refractivity contribution in [1.82, 2.24) is 10.2 Å². The number of benzene rings is 1. The molecule has 0 radical (unpaired) electrons. The molecular formula is C18H22BrN3O. The van der Waals surface area contributed by atoms with Crippen molar-refractivity contribution in [3.05, 3.63) is 46.1 Å². The molecule has 2 rings (SSSR count). The van der Waals surface area contributed by atoms with Gasteiger partial charge in [-0.25, -0.2) is 0 Å². The molecule has 1 aliphatic rings. The Labute approximate surface area is 146 Å². The van der Waals surface area contributed by atoms with Gasteiger partial charge in [-0.3, -0.25) is 4.79 Å². The second-order valence-corrected chi connectivity index (χ2v) is 6.89. The number of hydrogen-bond donors (Lipinski definition) is 1. The Bertz CT molecular complexity index is 596. The van der Waals surface area contributed by atoms with Crippen LogP contribution < -0.4 is 5.32 Å². The smallest absolute Gasteiger partial charge is 0.265 e. The molecule has 4 nitrogen and oxygen atoms in total. The van der Waals surface area contributed by atoms with Crippen LogP contribution in [0.1, 0.15) is 25.3 Å².